The van der Waals surface area contributed by atoms with Crippen molar-refractivity contribution in [2.45, 2.75) is 12.8 Å². The first kappa shape index (κ1) is 20.5. The summed E-state index contributed by atoms with van der Waals surface area (Å²) in [6.45, 7) is 0.185. The van der Waals surface area contributed by atoms with E-state index in [9.17, 15) is 22.8 Å². The van der Waals surface area contributed by atoms with E-state index in [4.69, 9.17) is 22.1 Å². The van der Waals surface area contributed by atoms with Crippen LogP contribution in [0.3, 0.4) is 0 Å². The van der Waals surface area contributed by atoms with Crippen LogP contribution >= 0.6 is 11.6 Å². The zero-order valence-corrected chi connectivity index (χ0v) is 15.8. The third kappa shape index (κ3) is 4.29. The van der Waals surface area contributed by atoms with Crippen molar-refractivity contribution in [3.05, 3.63) is 79.6 Å². The minimum atomic E-state index is -4.94. The Labute approximate surface area is 167 Å². The lowest BCUT2D eigenvalue weighted by Crippen LogP contribution is -2.35. The molecule has 3 N–H and O–H groups in total. The Morgan fingerprint density at radius 2 is 1.79 bits per heavy atom. The van der Waals surface area contributed by atoms with E-state index in [0.29, 0.717) is 15.3 Å². The second-order valence-electron chi connectivity index (χ2n) is 6.20. The zero-order chi connectivity index (χ0) is 21.3. The molecule has 0 saturated carbocycles. The summed E-state index contributed by atoms with van der Waals surface area (Å²) in [5, 5.41) is 0.574. The molecule has 0 aliphatic rings. The van der Waals surface area contributed by atoms with E-state index in [1.54, 1.807) is 24.3 Å². The number of H-pyrrole nitrogens is 1. The molecule has 2 aromatic carbocycles. The van der Waals surface area contributed by atoms with Gasteiger partial charge in [-0.25, -0.2) is 4.79 Å². The fourth-order valence-electron chi connectivity index (χ4n) is 2.81. The Balaban J connectivity index is 1.99. The molecule has 0 unspecified atom stereocenters. The van der Waals surface area contributed by atoms with Gasteiger partial charge < -0.3 is 10.5 Å². The number of anilines is 1. The van der Waals surface area contributed by atoms with Crippen LogP contribution in [0, 0.1) is 0 Å². The summed E-state index contributed by atoms with van der Waals surface area (Å²) in [7, 11) is 0.921. The monoisotopic (exact) mass is 425 g/mol. The van der Waals surface area contributed by atoms with Crippen molar-refractivity contribution in [1.29, 1.82) is 0 Å². The molecule has 0 saturated heterocycles. The van der Waals surface area contributed by atoms with Gasteiger partial charge in [0, 0.05) is 29.4 Å². The van der Waals surface area contributed by atoms with E-state index in [0.717, 1.165) is 12.6 Å². The minimum absolute atomic E-state index is 0.103. The molecule has 0 aliphatic heterocycles. The molecule has 0 bridgehead atoms. The lowest BCUT2D eigenvalue weighted by molar-refractivity contribution is -0.143. The van der Waals surface area contributed by atoms with Crippen molar-refractivity contribution in [2.75, 3.05) is 5.73 Å². The molecule has 0 aliphatic carbocycles. The Bertz CT molecular complexity index is 1170. The van der Waals surface area contributed by atoms with Gasteiger partial charge in [0.1, 0.15) is 18.1 Å². The van der Waals surface area contributed by atoms with Crippen molar-refractivity contribution in [2.24, 2.45) is 7.05 Å². The molecule has 0 radical (unpaired) electrons. The highest BCUT2D eigenvalue weighted by molar-refractivity contribution is 6.30. The average Bonchev–Trinajstić information content (AvgIpc) is 2.63. The topological polar surface area (TPSA) is 90.1 Å². The number of rotatable bonds is 4. The first-order valence-corrected chi connectivity index (χ1v) is 8.63. The van der Waals surface area contributed by atoms with E-state index in [-0.39, 0.29) is 17.9 Å². The van der Waals surface area contributed by atoms with Gasteiger partial charge in [0.25, 0.3) is 5.56 Å². The van der Waals surface area contributed by atoms with E-state index >= 15 is 0 Å². The maximum Gasteiger partial charge on any atom is 0.432 e. The second kappa shape index (κ2) is 7.67. The van der Waals surface area contributed by atoms with E-state index < -0.39 is 28.7 Å². The average molecular weight is 426 g/mol. The first-order chi connectivity index (χ1) is 13.6. The number of halogens is 4. The van der Waals surface area contributed by atoms with Gasteiger partial charge in [-0.3, -0.25) is 14.3 Å². The smallest absolute Gasteiger partial charge is 0.432 e. The lowest BCUT2D eigenvalue weighted by Gasteiger charge is -2.17. The summed E-state index contributed by atoms with van der Waals surface area (Å²) in [5.41, 5.74) is 2.00. The van der Waals surface area contributed by atoms with Crippen LogP contribution in [0.1, 0.15) is 11.3 Å². The number of nitrogens with zero attached hydrogens (tertiary/aromatic N) is 1. The van der Waals surface area contributed by atoms with Crippen LogP contribution in [0.25, 0.3) is 11.1 Å². The van der Waals surface area contributed by atoms with E-state index in [1.165, 1.54) is 18.2 Å². The highest BCUT2D eigenvalue weighted by atomic mass is 35.5. The number of nitrogens with one attached hydrogen (secondary N) is 1. The number of nitrogen functional groups attached to an aromatic ring is 1. The SMILES string of the molecule is Cn1c(C(F)(F)F)c(-c2ccc(OCc3ccc(Cl)cc3)cc2N)c(=O)[nH]c1=O. The van der Waals surface area contributed by atoms with E-state index in [2.05, 4.69) is 0 Å². The molecule has 152 valence electrons. The van der Waals surface area contributed by atoms with Crippen molar-refractivity contribution in [1.82, 2.24) is 9.55 Å². The van der Waals surface area contributed by atoms with Crippen LogP contribution in [0.15, 0.2) is 52.1 Å². The molecule has 3 rings (SSSR count). The highest BCUT2D eigenvalue weighted by Crippen LogP contribution is 2.37. The third-order valence-corrected chi connectivity index (χ3v) is 4.46. The molecule has 0 atom stereocenters. The zero-order valence-electron chi connectivity index (χ0n) is 15.0. The molecule has 1 aromatic heterocycles. The Morgan fingerprint density at radius 3 is 2.38 bits per heavy atom. The molecule has 3 aromatic rings. The molecular formula is C19H15ClF3N3O3. The third-order valence-electron chi connectivity index (χ3n) is 4.20. The maximum absolute atomic E-state index is 13.5. The molecule has 0 spiro atoms. The summed E-state index contributed by atoms with van der Waals surface area (Å²) in [4.78, 5) is 25.7. The quantitative estimate of drug-likeness (QED) is 0.625. The molecule has 6 nitrogen and oxygen atoms in total. The molecule has 0 amide bonds. The fourth-order valence-corrected chi connectivity index (χ4v) is 2.93. The number of alkyl halides is 3. The summed E-state index contributed by atoms with van der Waals surface area (Å²) in [6.07, 6.45) is -4.94. The summed E-state index contributed by atoms with van der Waals surface area (Å²) < 4.78 is 46.5. The number of ether oxygens (including phenoxy) is 1. The van der Waals surface area contributed by atoms with Gasteiger partial charge in [0.2, 0.25) is 0 Å². The van der Waals surface area contributed by atoms with Gasteiger partial charge in [0.05, 0.1) is 5.56 Å². The van der Waals surface area contributed by atoms with Gasteiger partial charge in [-0.15, -0.1) is 0 Å². The predicted octanol–water partition coefficient (Wildman–Crippen LogP) is 3.57. The van der Waals surface area contributed by atoms with Crippen LogP contribution in [0.2, 0.25) is 5.02 Å². The van der Waals surface area contributed by atoms with Crippen molar-refractivity contribution in [3.8, 4) is 16.9 Å². The molecule has 29 heavy (non-hydrogen) atoms. The number of hydrogen-bond acceptors (Lipinski definition) is 4. The van der Waals surface area contributed by atoms with Gasteiger partial charge >= 0.3 is 11.9 Å². The van der Waals surface area contributed by atoms with E-state index in [1.807, 2.05) is 4.98 Å². The fraction of sp³-hybridized carbons (Fsp3) is 0.158. The van der Waals surface area contributed by atoms with Gasteiger partial charge in [-0.05, 0) is 29.8 Å². The normalized spacial score (nSPS) is 11.5. The van der Waals surface area contributed by atoms with Crippen molar-refractivity contribution < 1.29 is 17.9 Å². The van der Waals surface area contributed by atoms with Crippen molar-refractivity contribution >= 4 is 17.3 Å². The van der Waals surface area contributed by atoms with Crippen LogP contribution in [-0.4, -0.2) is 9.55 Å². The Morgan fingerprint density at radius 1 is 1.14 bits per heavy atom. The van der Waals surface area contributed by atoms with Crippen molar-refractivity contribution in [3.63, 3.8) is 0 Å². The largest absolute Gasteiger partial charge is 0.489 e. The minimum Gasteiger partial charge on any atom is -0.489 e. The first-order valence-electron chi connectivity index (χ1n) is 8.25. The second-order valence-corrected chi connectivity index (χ2v) is 6.64. The Kier molecular flexibility index (Phi) is 5.43. The maximum atomic E-state index is 13.5. The number of aromatic nitrogens is 2. The number of hydrogen-bond donors (Lipinski definition) is 2. The van der Waals surface area contributed by atoms with Gasteiger partial charge in [-0.2, -0.15) is 13.2 Å². The number of benzene rings is 2. The van der Waals surface area contributed by atoms with Crippen LogP contribution in [0.4, 0.5) is 18.9 Å². The van der Waals surface area contributed by atoms with Gasteiger partial charge in [-0.1, -0.05) is 23.7 Å². The molecule has 0 fully saturated rings. The summed E-state index contributed by atoms with van der Waals surface area (Å²) in [5.74, 6) is 0.302. The molecule has 10 heteroatoms. The lowest BCUT2D eigenvalue weighted by atomic mass is 10.0. The number of nitrogens with two attached hydrogens (primary N) is 1. The van der Waals surface area contributed by atoms with Crippen LogP contribution < -0.4 is 21.7 Å². The van der Waals surface area contributed by atoms with Gasteiger partial charge in [0.15, 0.2) is 0 Å². The number of aromatic amines is 1. The molecular weight excluding hydrogens is 411 g/mol. The molecule has 1 heterocycles. The highest BCUT2D eigenvalue weighted by Gasteiger charge is 2.39. The van der Waals surface area contributed by atoms with Crippen LogP contribution in [0.5, 0.6) is 5.75 Å². The standard InChI is InChI=1S/C19H15ClF3N3O3/c1-26-16(19(21,22)23)15(17(27)25-18(26)28)13-7-6-12(8-14(13)24)29-9-10-2-4-11(20)5-3-10/h2-8H,9,24H2,1H3,(H,25,27,28). The Hall–Kier alpha value is -3.20. The predicted molar refractivity (Wildman–Crippen MR) is 103 cm³/mol. The summed E-state index contributed by atoms with van der Waals surface area (Å²) in [6, 6.07) is 10.9. The van der Waals surface area contributed by atoms with Crippen LogP contribution in [-0.2, 0) is 19.8 Å². The summed E-state index contributed by atoms with van der Waals surface area (Å²) >= 11 is 5.82.